The Kier molecular flexibility index (Phi) is 5.03. The van der Waals surface area contributed by atoms with Gasteiger partial charge in [-0.15, -0.1) is 23.2 Å². The van der Waals surface area contributed by atoms with Gasteiger partial charge in [0.15, 0.2) is 0 Å². The number of nitrogens with zero attached hydrogens (tertiary/aromatic N) is 2. The smallest absolute Gasteiger partial charge is 0.0399 e. The molecule has 0 unspecified atom stereocenters. The summed E-state index contributed by atoms with van der Waals surface area (Å²) in [6.45, 7) is 1.65. The monoisotopic (exact) mass is 348 g/mol. The van der Waals surface area contributed by atoms with Gasteiger partial charge in [-0.25, -0.2) is 0 Å². The highest BCUT2D eigenvalue weighted by atomic mass is 35.5. The van der Waals surface area contributed by atoms with Gasteiger partial charge in [-0.3, -0.25) is 0 Å². The third-order valence-corrected chi connectivity index (χ3v) is 4.78. The lowest BCUT2D eigenvalue weighted by Crippen LogP contribution is -2.27. The van der Waals surface area contributed by atoms with Gasteiger partial charge in [0, 0.05) is 50.3 Å². The van der Waals surface area contributed by atoms with E-state index < -0.39 is 0 Å². The van der Waals surface area contributed by atoms with Crippen molar-refractivity contribution in [1.29, 1.82) is 0 Å². The minimum Gasteiger partial charge on any atom is -0.378 e. The number of hydrogen-bond acceptors (Lipinski definition) is 2. The summed E-state index contributed by atoms with van der Waals surface area (Å²) in [7, 11) is 4.16. The van der Waals surface area contributed by atoms with Crippen LogP contribution < -0.4 is 9.80 Å². The number of anilines is 2. The van der Waals surface area contributed by atoms with Crippen LogP contribution in [0, 0.1) is 0 Å². The first kappa shape index (κ1) is 16.5. The summed E-state index contributed by atoms with van der Waals surface area (Å²) in [6, 6.07) is 13.4. The molecule has 0 spiro atoms. The maximum Gasteiger partial charge on any atom is 0.0399 e. The van der Waals surface area contributed by atoms with Gasteiger partial charge < -0.3 is 9.80 Å². The van der Waals surface area contributed by atoms with Crippen molar-refractivity contribution in [2.45, 2.75) is 6.42 Å². The molecule has 0 heterocycles. The highest BCUT2D eigenvalue weighted by molar-refractivity contribution is 6.18. The topological polar surface area (TPSA) is 6.48 Å². The zero-order chi connectivity index (χ0) is 16.4. The number of fused-ring (bicyclic) bond motifs is 3. The first-order valence-electron chi connectivity index (χ1n) is 7.94. The van der Waals surface area contributed by atoms with E-state index in [9.17, 15) is 0 Å². The van der Waals surface area contributed by atoms with Crippen molar-refractivity contribution < 1.29 is 0 Å². The molecule has 0 amide bonds. The molecule has 0 saturated carbocycles. The number of benzene rings is 2. The van der Waals surface area contributed by atoms with E-state index in [0.29, 0.717) is 11.8 Å². The van der Waals surface area contributed by atoms with Crippen LogP contribution in [0.2, 0.25) is 0 Å². The summed E-state index contributed by atoms with van der Waals surface area (Å²) in [5, 5.41) is 0. The van der Waals surface area contributed by atoms with E-state index in [1.807, 2.05) is 0 Å². The van der Waals surface area contributed by atoms with Gasteiger partial charge >= 0.3 is 0 Å². The van der Waals surface area contributed by atoms with Crippen molar-refractivity contribution in [2.24, 2.45) is 0 Å². The van der Waals surface area contributed by atoms with E-state index in [1.54, 1.807) is 0 Å². The molecule has 0 radical (unpaired) electrons. The second kappa shape index (κ2) is 7.02. The Labute approximate surface area is 148 Å². The molecular formula is C19H22Cl2N2. The van der Waals surface area contributed by atoms with E-state index >= 15 is 0 Å². The maximum atomic E-state index is 5.93. The Balaban J connectivity index is 1.92. The summed E-state index contributed by atoms with van der Waals surface area (Å²) in [4.78, 5) is 4.41. The predicted octanol–water partition coefficient (Wildman–Crippen LogP) is 4.61. The fraction of sp³-hybridized carbons (Fsp3) is 0.368. The first-order chi connectivity index (χ1) is 11.1. The lowest BCUT2D eigenvalue weighted by molar-refractivity contribution is 0.873. The molecule has 2 nitrogen and oxygen atoms in total. The van der Waals surface area contributed by atoms with E-state index in [1.165, 1.54) is 33.6 Å². The normalized spacial score (nSPS) is 12.0. The molecule has 2 aromatic carbocycles. The first-order valence-corrected chi connectivity index (χ1v) is 9.01. The van der Waals surface area contributed by atoms with Gasteiger partial charge in [-0.2, -0.15) is 0 Å². The largest absolute Gasteiger partial charge is 0.378 e. The number of alkyl halides is 2. The summed E-state index contributed by atoms with van der Waals surface area (Å²) in [5.74, 6) is 1.22. The molecule has 23 heavy (non-hydrogen) atoms. The number of hydrogen-bond donors (Lipinski definition) is 0. The minimum absolute atomic E-state index is 0.612. The lowest BCUT2D eigenvalue weighted by Gasteiger charge is -2.23. The predicted molar refractivity (Wildman–Crippen MR) is 103 cm³/mol. The summed E-state index contributed by atoms with van der Waals surface area (Å²) < 4.78 is 0. The van der Waals surface area contributed by atoms with Crippen LogP contribution in [0.15, 0.2) is 36.4 Å². The van der Waals surface area contributed by atoms with Crippen LogP contribution in [0.3, 0.4) is 0 Å². The Hall–Kier alpha value is -1.38. The van der Waals surface area contributed by atoms with Gasteiger partial charge in [0.1, 0.15) is 0 Å². The van der Waals surface area contributed by atoms with Gasteiger partial charge in [0.25, 0.3) is 0 Å². The molecule has 2 aromatic rings. The Morgan fingerprint density at radius 2 is 1.35 bits per heavy atom. The molecule has 0 saturated heterocycles. The summed E-state index contributed by atoms with van der Waals surface area (Å²) in [6.07, 6.45) is 0.996. The highest BCUT2D eigenvalue weighted by Crippen LogP contribution is 2.39. The zero-order valence-corrected chi connectivity index (χ0v) is 15.2. The van der Waals surface area contributed by atoms with E-state index in [2.05, 4.69) is 60.3 Å². The van der Waals surface area contributed by atoms with Gasteiger partial charge in [0.05, 0.1) is 0 Å². The average Bonchev–Trinajstić information content (AvgIpc) is 2.91. The minimum atomic E-state index is 0.612. The van der Waals surface area contributed by atoms with Crippen molar-refractivity contribution in [3.8, 4) is 11.1 Å². The van der Waals surface area contributed by atoms with Crippen molar-refractivity contribution >= 4 is 34.6 Å². The Bertz CT molecular complexity index is 692. The molecule has 0 N–H and O–H groups in total. The third kappa shape index (κ3) is 3.29. The standard InChI is InChI=1S/C19H22Cl2N2/c1-22(2)16-3-5-18-14(12-16)11-15-13-17(4-6-19(15)18)23(9-7-20)10-8-21/h3-6,12-13H,7-11H2,1-2H3. The molecule has 1 aliphatic carbocycles. The second-order valence-corrected chi connectivity index (χ2v) is 6.88. The second-order valence-electron chi connectivity index (χ2n) is 6.12. The van der Waals surface area contributed by atoms with Crippen molar-refractivity contribution in [1.82, 2.24) is 0 Å². The van der Waals surface area contributed by atoms with Gasteiger partial charge in [0.2, 0.25) is 0 Å². The molecule has 122 valence electrons. The Morgan fingerprint density at radius 1 is 0.826 bits per heavy atom. The van der Waals surface area contributed by atoms with Crippen LogP contribution in [0.5, 0.6) is 0 Å². The quantitative estimate of drug-likeness (QED) is 0.600. The zero-order valence-electron chi connectivity index (χ0n) is 13.6. The van der Waals surface area contributed by atoms with Crippen molar-refractivity contribution in [3.05, 3.63) is 47.5 Å². The molecule has 0 aliphatic heterocycles. The van der Waals surface area contributed by atoms with Crippen molar-refractivity contribution in [3.63, 3.8) is 0 Å². The Morgan fingerprint density at radius 3 is 1.87 bits per heavy atom. The fourth-order valence-electron chi connectivity index (χ4n) is 3.23. The van der Waals surface area contributed by atoms with Crippen LogP contribution >= 0.6 is 23.2 Å². The maximum absolute atomic E-state index is 5.93. The molecule has 4 heteroatoms. The number of halogens is 2. The van der Waals surface area contributed by atoms with E-state index in [-0.39, 0.29) is 0 Å². The highest BCUT2D eigenvalue weighted by Gasteiger charge is 2.20. The molecule has 0 bridgehead atoms. The third-order valence-electron chi connectivity index (χ3n) is 4.44. The lowest BCUT2D eigenvalue weighted by atomic mass is 10.0. The molecular weight excluding hydrogens is 327 g/mol. The van der Waals surface area contributed by atoms with Crippen LogP contribution in [-0.2, 0) is 6.42 Å². The molecule has 1 aliphatic rings. The molecule has 0 fully saturated rings. The van der Waals surface area contributed by atoms with Gasteiger partial charge in [-0.1, -0.05) is 12.1 Å². The average molecular weight is 349 g/mol. The van der Waals surface area contributed by atoms with Crippen LogP contribution in [0.25, 0.3) is 11.1 Å². The SMILES string of the molecule is CN(C)c1ccc2c(c1)Cc1cc(N(CCCl)CCCl)ccc1-2. The molecule has 0 atom stereocenters. The van der Waals surface area contributed by atoms with E-state index in [0.717, 1.165) is 19.5 Å². The summed E-state index contributed by atoms with van der Waals surface area (Å²) in [5.41, 5.74) is 7.98. The van der Waals surface area contributed by atoms with Crippen LogP contribution in [0.4, 0.5) is 11.4 Å². The van der Waals surface area contributed by atoms with Gasteiger partial charge in [-0.05, 0) is 52.9 Å². The van der Waals surface area contributed by atoms with Crippen LogP contribution in [0.1, 0.15) is 11.1 Å². The van der Waals surface area contributed by atoms with E-state index in [4.69, 9.17) is 23.2 Å². The van der Waals surface area contributed by atoms with Crippen LogP contribution in [-0.4, -0.2) is 38.9 Å². The van der Waals surface area contributed by atoms with Crippen molar-refractivity contribution in [2.75, 3.05) is 48.7 Å². The fourth-order valence-corrected chi connectivity index (χ4v) is 3.64. The number of rotatable bonds is 6. The molecule has 0 aromatic heterocycles. The molecule has 3 rings (SSSR count). The summed E-state index contributed by atoms with van der Waals surface area (Å²) >= 11 is 11.9.